The minimum absolute atomic E-state index is 0.0887. The molecule has 0 bridgehead atoms. The summed E-state index contributed by atoms with van der Waals surface area (Å²) in [5, 5.41) is 3.74. The third kappa shape index (κ3) is 5.42. The summed E-state index contributed by atoms with van der Waals surface area (Å²) in [6, 6.07) is 5.22. The highest BCUT2D eigenvalue weighted by molar-refractivity contribution is 7.20. The van der Waals surface area contributed by atoms with Crippen LogP contribution in [0.4, 0.5) is 5.69 Å². The van der Waals surface area contributed by atoms with Gasteiger partial charge in [-0.15, -0.1) is 11.3 Å². The van der Waals surface area contributed by atoms with Gasteiger partial charge in [-0.1, -0.05) is 6.92 Å². The zero-order valence-corrected chi connectivity index (χ0v) is 20.8. The van der Waals surface area contributed by atoms with Gasteiger partial charge in [0.2, 0.25) is 5.91 Å². The van der Waals surface area contributed by atoms with Crippen LogP contribution in [0.15, 0.2) is 18.2 Å². The molecule has 176 valence electrons. The number of carbonyl (C=O) groups excluding carboxylic acids is 2. The van der Waals surface area contributed by atoms with E-state index >= 15 is 0 Å². The first-order chi connectivity index (χ1) is 15.8. The van der Waals surface area contributed by atoms with E-state index in [1.54, 1.807) is 25.2 Å². The zero-order valence-electron chi connectivity index (χ0n) is 19.9. The van der Waals surface area contributed by atoms with Crippen LogP contribution in [0.3, 0.4) is 0 Å². The van der Waals surface area contributed by atoms with Gasteiger partial charge in [-0.05, 0) is 45.4 Å². The molecule has 9 heteroatoms. The Morgan fingerprint density at radius 2 is 1.76 bits per heavy atom. The van der Waals surface area contributed by atoms with E-state index in [1.807, 2.05) is 34.6 Å². The number of likely N-dealkylation sites (N-methyl/N-ethyl adjacent to an activating group) is 1. The third-order valence-electron chi connectivity index (χ3n) is 5.08. The smallest absolute Gasteiger partial charge is 0.264 e. The molecule has 0 unspecified atom stereocenters. The highest BCUT2D eigenvalue weighted by Crippen LogP contribution is 2.32. The Morgan fingerprint density at radius 1 is 1.06 bits per heavy atom. The summed E-state index contributed by atoms with van der Waals surface area (Å²) in [6.07, 6.45) is 0.730. The highest BCUT2D eigenvalue weighted by Gasteiger charge is 2.23. The SMILES string of the molecule is CCOc1ccc(NC(=O)CN(C)C(=O)c2sc3nc(CC)nc(C)c3c2C)cc1OCC. The number of benzene rings is 1. The molecule has 0 radical (unpaired) electrons. The summed E-state index contributed by atoms with van der Waals surface area (Å²) in [6.45, 7) is 10.5. The number of rotatable bonds is 9. The summed E-state index contributed by atoms with van der Waals surface area (Å²) in [5.41, 5.74) is 2.29. The van der Waals surface area contributed by atoms with Crippen molar-refractivity contribution in [2.75, 3.05) is 32.1 Å². The van der Waals surface area contributed by atoms with Gasteiger partial charge in [0, 0.05) is 36.3 Å². The molecule has 0 saturated heterocycles. The topological polar surface area (TPSA) is 93.7 Å². The number of thiophene rings is 1. The summed E-state index contributed by atoms with van der Waals surface area (Å²) in [4.78, 5) is 37.6. The first-order valence-corrected chi connectivity index (χ1v) is 11.8. The number of carbonyl (C=O) groups is 2. The quantitative estimate of drug-likeness (QED) is 0.499. The van der Waals surface area contributed by atoms with E-state index < -0.39 is 0 Å². The number of ether oxygens (including phenoxy) is 2. The molecular weight excluding hydrogens is 440 g/mol. The molecule has 0 saturated carbocycles. The lowest BCUT2D eigenvalue weighted by atomic mass is 10.1. The molecule has 0 aliphatic rings. The van der Waals surface area contributed by atoms with Crippen molar-refractivity contribution >= 4 is 39.1 Å². The first kappa shape index (κ1) is 24.4. The Hall–Kier alpha value is -3.20. The van der Waals surface area contributed by atoms with Crippen LogP contribution in [-0.4, -0.2) is 53.5 Å². The molecule has 0 fully saturated rings. The Kier molecular flexibility index (Phi) is 7.86. The van der Waals surface area contributed by atoms with E-state index in [4.69, 9.17) is 9.47 Å². The molecule has 2 aromatic heterocycles. The molecule has 0 atom stereocenters. The van der Waals surface area contributed by atoms with Gasteiger partial charge in [0.15, 0.2) is 11.5 Å². The maximum Gasteiger partial charge on any atom is 0.264 e. The van der Waals surface area contributed by atoms with Gasteiger partial charge in [-0.3, -0.25) is 9.59 Å². The molecular formula is C24H30N4O4S. The number of nitrogens with one attached hydrogen (secondary N) is 1. The second-order valence-electron chi connectivity index (χ2n) is 7.55. The van der Waals surface area contributed by atoms with Gasteiger partial charge in [0.1, 0.15) is 10.7 Å². The van der Waals surface area contributed by atoms with Crippen LogP contribution in [0.2, 0.25) is 0 Å². The predicted molar refractivity (Wildman–Crippen MR) is 131 cm³/mol. The van der Waals surface area contributed by atoms with E-state index in [9.17, 15) is 9.59 Å². The number of hydrogen-bond donors (Lipinski definition) is 1. The maximum atomic E-state index is 13.1. The molecule has 2 amide bonds. The number of fused-ring (bicyclic) bond motifs is 1. The van der Waals surface area contributed by atoms with Crippen LogP contribution in [0.5, 0.6) is 11.5 Å². The van der Waals surface area contributed by atoms with Crippen LogP contribution in [0.25, 0.3) is 10.2 Å². The highest BCUT2D eigenvalue weighted by atomic mass is 32.1. The average molecular weight is 471 g/mol. The van der Waals surface area contributed by atoms with Crippen molar-refractivity contribution in [2.45, 2.75) is 41.0 Å². The zero-order chi connectivity index (χ0) is 24.1. The van der Waals surface area contributed by atoms with Gasteiger partial charge in [-0.2, -0.15) is 0 Å². The number of anilines is 1. The fourth-order valence-corrected chi connectivity index (χ4v) is 4.79. The second kappa shape index (κ2) is 10.6. The van der Waals surface area contributed by atoms with Crippen LogP contribution in [-0.2, 0) is 11.2 Å². The molecule has 3 aromatic rings. The van der Waals surface area contributed by atoms with E-state index in [0.29, 0.717) is 35.3 Å². The standard InChI is InChI=1S/C24H30N4O4S/c1-7-19-25-15(5)21-14(4)22(33-23(21)27-19)24(30)28(6)13-20(29)26-16-10-11-17(31-8-2)18(12-16)32-9-3/h10-12H,7-9,13H2,1-6H3,(H,26,29). The van der Waals surface area contributed by atoms with Crippen molar-refractivity contribution in [1.29, 1.82) is 0 Å². The van der Waals surface area contributed by atoms with Gasteiger partial charge < -0.3 is 19.7 Å². The monoisotopic (exact) mass is 470 g/mol. The van der Waals surface area contributed by atoms with Crippen molar-refractivity contribution in [1.82, 2.24) is 14.9 Å². The summed E-state index contributed by atoms with van der Waals surface area (Å²) in [7, 11) is 1.62. The summed E-state index contributed by atoms with van der Waals surface area (Å²) in [5.74, 6) is 1.42. The van der Waals surface area contributed by atoms with Crippen molar-refractivity contribution in [3.05, 3.63) is 40.2 Å². The number of aryl methyl sites for hydroxylation is 3. The van der Waals surface area contributed by atoms with Crippen LogP contribution in [0.1, 0.15) is 47.5 Å². The van der Waals surface area contributed by atoms with E-state index in [-0.39, 0.29) is 18.4 Å². The van der Waals surface area contributed by atoms with E-state index in [2.05, 4.69) is 15.3 Å². The maximum absolute atomic E-state index is 13.1. The first-order valence-electron chi connectivity index (χ1n) is 11.0. The van der Waals surface area contributed by atoms with Crippen molar-refractivity contribution in [3.63, 3.8) is 0 Å². The second-order valence-corrected chi connectivity index (χ2v) is 8.55. The predicted octanol–water partition coefficient (Wildman–Crippen LogP) is 4.38. The fourth-order valence-electron chi connectivity index (χ4n) is 3.55. The van der Waals surface area contributed by atoms with Crippen LogP contribution >= 0.6 is 11.3 Å². The minimum atomic E-state index is -0.305. The van der Waals surface area contributed by atoms with Crippen LogP contribution < -0.4 is 14.8 Å². The molecule has 1 N–H and O–H groups in total. The Balaban J connectivity index is 1.73. The number of amides is 2. The number of aromatic nitrogens is 2. The lowest BCUT2D eigenvalue weighted by Gasteiger charge is -2.17. The largest absolute Gasteiger partial charge is 0.490 e. The molecule has 0 spiro atoms. The van der Waals surface area contributed by atoms with Crippen molar-refractivity contribution in [2.24, 2.45) is 0 Å². The normalized spacial score (nSPS) is 10.8. The molecule has 8 nitrogen and oxygen atoms in total. The molecule has 1 aromatic carbocycles. The summed E-state index contributed by atoms with van der Waals surface area (Å²) >= 11 is 1.34. The average Bonchev–Trinajstić information content (AvgIpc) is 3.11. The molecule has 2 heterocycles. The molecule has 33 heavy (non-hydrogen) atoms. The lowest BCUT2D eigenvalue weighted by molar-refractivity contribution is -0.116. The van der Waals surface area contributed by atoms with E-state index in [1.165, 1.54) is 16.2 Å². The Bertz CT molecular complexity index is 1170. The van der Waals surface area contributed by atoms with Gasteiger partial charge >= 0.3 is 0 Å². The van der Waals surface area contributed by atoms with Crippen LogP contribution in [0, 0.1) is 13.8 Å². The number of nitrogens with zero attached hydrogens (tertiary/aromatic N) is 3. The minimum Gasteiger partial charge on any atom is -0.490 e. The molecule has 0 aliphatic carbocycles. The van der Waals surface area contributed by atoms with Gasteiger partial charge in [0.25, 0.3) is 5.91 Å². The van der Waals surface area contributed by atoms with Crippen molar-refractivity contribution in [3.8, 4) is 11.5 Å². The number of hydrogen-bond acceptors (Lipinski definition) is 7. The van der Waals surface area contributed by atoms with Gasteiger partial charge in [-0.25, -0.2) is 9.97 Å². The lowest BCUT2D eigenvalue weighted by Crippen LogP contribution is -2.34. The molecule has 0 aliphatic heterocycles. The Labute approximate surface area is 197 Å². The fraction of sp³-hybridized carbons (Fsp3) is 0.417. The molecule has 3 rings (SSSR count). The van der Waals surface area contributed by atoms with Gasteiger partial charge in [0.05, 0.1) is 24.6 Å². The third-order valence-corrected chi connectivity index (χ3v) is 6.26. The van der Waals surface area contributed by atoms with Crippen molar-refractivity contribution < 1.29 is 19.1 Å². The summed E-state index contributed by atoms with van der Waals surface area (Å²) < 4.78 is 11.2. The van der Waals surface area contributed by atoms with E-state index in [0.717, 1.165) is 33.7 Å². The Morgan fingerprint density at radius 3 is 2.42 bits per heavy atom.